The molecule has 0 saturated heterocycles. The van der Waals surface area contributed by atoms with Gasteiger partial charge in [0.15, 0.2) is 0 Å². The second-order valence-electron chi connectivity index (χ2n) is 4.27. The summed E-state index contributed by atoms with van der Waals surface area (Å²) in [6, 6.07) is 0. The second-order valence-corrected chi connectivity index (χ2v) is 9.07. The average Bonchev–Trinajstić information content (AvgIpc) is 2.53. The van der Waals surface area contributed by atoms with E-state index in [0.29, 0.717) is 13.1 Å². The minimum Gasteiger partial charge on any atom is -0.367 e. The first kappa shape index (κ1) is 21.2. The molecule has 0 aromatic heterocycles. The number of methoxy groups -OCH3 is 1. The molecule has 10 heteroatoms. The fourth-order valence-corrected chi connectivity index (χ4v) is 3.67. The summed E-state index contributed by atoms with van der Waals surface area (Å²) in [6.07, 6.45) is 0.171. The molecule has 0 spiro atoms. The highest BCUT2D eigenvalue weighted by atomic mass is 31.2. The van der Waals surface area contributed by atoms with Crippen LogP contribution in [-0.2, 0) is 32.0 Å². The molecule has 0 aromatic carbocycles. The van der Waals surface area contributed by atoms with E-state index in [1.54, 1.807) is 7.11 Å². The first-order chi connectivity index (χ1) is 9.79. The van der Waals surface area contributed by atoms with E-state index in [0.717, 1.165) is 0 Å². The van der Waals surface area contributed by atoms with Crippen LogP contribution in [0.2, 0.25) is 0 Å². The van der Waals surface area contributed by atoms with E-state index in [1.165, 1.54) is 28.4 Å². The van der Waals surface area contributed by atoms with Crippen LogP contribution in [0.25, 0.3) is 0 Å². The molecule has 0 heterocycles. The lowest BCUT2D eigenvalue weighted by atomic mass is 10.4. The van der Waals surface area contributed by atoms with Crippen molar-refractivity contribution in [2.75, 3.05) is 61.0 Å². The summed E-state index contributed by atoms with van der Waals surface area (Å²) in [5.74, 6) is 0. The van der Waals surface area contributed by atoms with Crippen LogP contribution in [-0.4, -0.2) is 72.1 Å². The summed E-state index contributed by atoms with van der Waals surface area (Å²) in [6.45, 7) is 2.65. The third kappa shape index (κ3) is 7.35. The molecule has 1 unspecified atom stereocenters. The smallest absolute Gasteiger partial charge is 0.331 e. The highest BCUT2D eigenvalue weighted by Gasteiger charge is 2.27. The fraction of sp³-hybridized carbons (Fsp3) is 1.00. The van der Waals surface area contributed by atoms with E-state index in [4.69, 9.17) is 22.8 Å². The lowest BCUT2D eigenvalue weighted by Crippen LogP contribution is -2.38. The Morgan fingerprint density at radius 2 is 1.14 bits per heavy atom. The van der Waals surface area contributed by atoms with E-state index >= 15 is 0 Å². The maximum absolute atomic E-state index is 12.1. The second kappa shape index (κ2) is 10.1. The van der Waals surface area contributed by atoms with Gasteiger partial charge in [0.2, 0.25) is 0 Å². The Hall–Kier alpha value is 0.220. The zero-order valence-electron chi connectivity index (χ0n) is 13.6. The molecule has 0 N–H and O–H groups in total. The summed E-state index contributed by atoms with van der Waals surface area (Å²) in [5.41, 5.74) is 0. The predicted octanol–water partition coefficient (Wildman–Crippen LogP) is 2.25. The number of rotatable bonds is 12. The van der Waals surface area contributed by atoms with Crippen LogP contribution in [0.15, 0.2) is 0 Å². The Bertz CT molecular complexity index is 334. The molecule has 0 bridgehead atoms. The Labute approximate surface area is 127 Å². The molecule has 8 nitrogen and oxygen atoms in total. The SMILES string of the molecule is COC(C)N(CCP(=O)(OC)OC)CCP(=O)(OC)OC. The first-order valence-electron chi connectivity index (χ1n) is 6.47. The molecule has 0 saturated carbocycles. The number of hydrogen-bond acceptors (Lipinski definition) is 8. The van der Waals surface area contributed by atoms with Crippen LogP contribution in [0.5, 0.6) is 0 Å². The molecule has 0 aliphatic rings. The molecule has 0 aliphatic heterocycles. The highest BCUT2D eigenvalue weighted by molar-refractivity contribution is 7.54. The van der Waals surface area contributed by atoms with E-state index in [1.807, 2.05) is 11.8 Å². The van der Waals surface area contributed by atoms with Crippen LogP contribution in [0.3, 0.4) is 0 Å². The lowest BCUT2D eigenvalue weighted by molar-refractivity contribution is -0.0132. The topological polar surface area (TPSA) is 83.5 Å². The Morgan fingerprint density at radius 1 is 0.810 bits per heavy atom. The number of hydrogen-bond donors (Lipinski definition) is 0. The van der Waals surface area contributed by atoms with Crippen LogP contribution in [0, 0.1) is 0 Å². The molecule has 0 radical (unpaired) electrons. The standard InChI is InChI=1S/C11H27NO7P2/c1-11(15-2)12(7-9-20(13,16-3)17-4)8-10-21(14,18-5)19-6/h11H,7-10H2,1-6H3. The number of nitrogens with zero attached hydrogens (tertiary/aromatic N) is 1. The minimum absolute atomic E-state index is 0.206. The molecule has 0 rings (SSSR count). The summed E-state index contributed by atoms with van der Waals surface area (Å²) in [7, 11) is 0.764. The van der Waals surface area contributed by atoms with Gasteiger partial charge in [-0.25, -0.2) is 0 Å². The van der Waals surface area contributed by atoms with Crippen molar-refractivity contribution in [3.8, 4) is 0 Å². The molecule has 1 atom stereocenters. The van der Waals surface area contributed by atoms with Crippen molar-refractivity contribution in [2.24, 2.45) is 0 Å². The van der Waals surface area contributed by atoms with Crippen molar-refractivity contribution in [3.05, 3.63) is 0 Å². The summed E-state index contributed by atoms with van der Waals surface area (Å²) in [5, 5.41) is 0. The molecule has 0 aromatic rings. The number of ether oxygens (including phenoxy) is 1. The zero-order chi connectivity index (χ0) is 16.5. The van der Waals surface area contributed by atoms with Crippen LogP contribution >= 0.6 is 15.2 Å². The summed E-state index contributed by atoms with van der Waals surface area (Å²) in [4.78, 5) is 1.87. The van der Waals surface area contributed by atoms with Gasteiger partial charge in [-0.3, -0.25) is 14.0 Å². The maximum Gasteiger partial charge on any atom is 0.331 e. The third-order valence-corrected chi connectivity index (χ3v) is 7.01. The van der Waals surface area contributed by atoms with Gasteiger partial charge in [-0.2, -0.15) is 0 Å². The molecule has 128 valence electrons. The average molecular weight is 347 g/mol. The van der Waals surface area contributed by atoms with E-state index in [-0.39, 0.29) is 18.6 Å². The molecule has 0 aliphatic carbocycles. The minimum atomic E-state index is -3.09. The Morgan fingerprint density at radius 3 is 1.38 bits per heavy atom. The van der Waals surface area contributed by atoms with Gasteiger partial charge in [-0.05, 0) is 6.92 Å². The van der Waals surface area contributed by atoms with E-state index in [2.05, 4.69) is 0 Å². The predicted molar refractivity (Wildman–Crippen MR) is 81.0 cm³/mol. The third-order valence-electron chi connectivity index (χ3n) is 3.29. The zero-order valence-corrected chi connectivity index (χ0v) is 15.4. The van der Waals surface area contributed by atoms with Gasteiger partial charge >= 0.3 is 15.2 Å². The quantitative estimate of drug-likeness (QED) is 0.393. The van der Waals surface area contributed by atoms with Crippen molar-refractivity contribution < 1.29 is 32.0 Å². The monoisotopic (exact) mass is 347 g/mol. The van der Waals surface area contributed by atoms with Gasteiger partial charge in [0, 0.05) is 48.6 Å². The molecular weight excluding hydrogens is 320 g/mol. The van der Waals surface area contributed by atoms with Crippen LogP contribution in [0.4, 0.5) is 0 Å². The van der Waals surface area contributed by atoms with Crippen LogP contribution in [0.1, 0.15) is 6.92 Å². The molecule has 0 amide bonds. The van der Waals surface area contributed by atoms with Crippen molar-refractivity contribution in [3.63, 3.8) is 0 Å². The van der Waals surface area contributed by atoms with E-state index in [9.17, 15) is 9.13 Å². The van der Waals surface area contributed by atoms with Crippen LogP contribution < -0.4 is 0 Å². The fourth-order valence-electron chi connectivity index (χ4n) is 1.64. The van der Waals surface area contributed by atoms with Gasteiger partial charge < -0.3 is 22.8 Å². The highest BCUT2D eigenvalue weighted by Crippen LogP contribution is 2.47. The van der Waals surface area contributed by atoms with Crippen molar-refractivity contribution in [1.29, 1.82) is 0 Å². The molecule has 0 fully saturated rings. The van der Waals surface area contributed by atoms with Gasteiger partial charge in [-0.1, -0.05) is 0 Å². The largest absolute Gasteiger partial charge is 0.367 e. The van der Waals surface area contributed by atoms with Crippen molar-refractivity contribution in [2.45, 2.75) is 13.2 Å². The summed E-state index contributed by atoms with van der Waals surface area (Å²) >= 11 is 0. The first-order valence-corrected chi connectivity index (χ1v) is 9.93. The summed E-state index contributed by atoms with van der Waals surface area (Å²) < 4.78 is 49.0. The normalized spacial score (nSPS) is 14.6. The van der Waals surface area contributed by atoms with Gasteiger partial charge in [0.1, 0.15) is 6.23 Å². The van der Waals surface area contributed by atoms with Gasteiger partial charge in [0.25, 0.3) is 0 Å². The lowest BCUT2D eigenvalue weighted by Gasteiger charge is -2.29. The molecule has 21 heavy (non-hydrogen) atoms. The Balaban J connectivity index is 4.68. The van der Waals surface area contributed by atoms with Gasteiger partial charge in [0.05, 0.1) is 12.3 Å². The molecular formula is C11H27NO7P2. The van der Waals surface area contributed by atoms with Gasteiger partial charge in [-0.15, -0.1) is 0 Å². The van der Waals surface area contributed by atoms with E-state index < -0.39 is 15.2 Å². The van der Waals surface area contributed by atoms with Crippen molar-refractivity contribution >= 4 is 15.2 Å². The Kier molecular flexibility index (Phi) is 10.2. The van der Waals surface area contributed by atoms with Crippen molar-refractivity contribution in [1.82, 2.24) is 4.90 Å². The maximum atomic E-state index is 12.1.